The van der Waals surface area contributed by atoms with Crippen LogP contribution in [-0.2, 0) is 6.54 Å². The summed E-state index contributed by atoms with van der Waals surface area (Å²) in [5.74, 6) is 2.20. The molecular formula is C17H31IN4O. The number of halogens is 1. The van der Waals surface area contributed by atoms with E-state index in [1.165, 1.54) is 12.8 Å². The topological polar surface area (TPSA) is 58.5 Å². The molecule has 0 radical (unpaired) electrons. The van der Waals surface area contributed by atoms with Gasteiger partial charge < -0.3 is 15.4 Å². The van der Waals surface area contributed by atoms with E-state index in [1.807, 2.05) is 18.2 Å². The minimum absolute atomic E-state index is 0. The summed E-state index contributed by atoms with van der Waals surface area (Å²) in [4.78, 5) is 8.64. The highest BCUT2D eigenvalue weighted by Crippen LogP contribution is 2.08. The van der Waals surface area contributed by atoms with Crippen molar-refractivity contribution >= 4 is 29.9 Å². The number of aromatic nitrogens is 1. The predicted molar refractivity (Wildman–Crippen MR) is 108 cm³/mol. The van der Waals surface area contributed by atoms with Crippen LogP contribution in [0.1, 0.15) is 45.7 Å². The van der Waals surface area contributed by atoms with Crippen molar-refractivity contribution in [1.82, 2.24) is 15.6 Å². The van der Waals surface area contributed by atoms with Gasteiger partial charge in [0, 0.05) is 19.2 Å². The van der Waals surface area contributed by atoms with Crippen LogP contribution in [-0.4, -0.2) is 31.1 Å². The second kappa shape index (κ2) is 12.4. The molecule has 0 aliphatic carbocycles. The number of hydrogen-bond acceptors (Lipinski definition) is 3. The van der Waals surface area contributed by atoms with Crippen LogP contribution in [0.3, 0.4) is 0 Å². The Kier molecular flexibility index (Phi) is 11.8. The Morgan fingerprint density at radius 3 is 2.61 bits per heavy atom. The van der Waals surface area contributed by atoms with Crippen molar-refractivity contribution in [3.05, 3.63) is 23.9 Å². The Balaban J connectivity index is 0.00000484. The van der Waals surface area contributed by atoms with Gasteiger partial charge in [0.25, 0.3) is 0 Å². The molecular weight excluding hydrogens is 403 g/mol. The third-order valence-corrected chi connectivity index (χ3v) is 3.45. The quantitative estimate of drug-likeness (QED) is 0.373. The van der Waals surface area contributed by atoms with Gasteiger partial charge in [-0.3, -0.25) is 4.99 Å². The lowest BCUT2D eigenvalue weighted by Gasteiger charge is -2.18. The number of aliphatic imine (C=N–C) groups is 1. The summed E-state index contributed by atoms with van der Waals surface area (Å²) in [6.07, 6.45) is 3.66. The fourth-order valence-electron chi connectivity index (χ4n) is 2.18. The largest absolute Gasteiger partial charge is 0.481 e. The molecule has 0 aliphatic rings. The number of ether oxygens (including phenoxy) is 1. The molecule has 0 fully saturated rings. The van der Waals surface area contributed by atoms with E-state index >= 15 is 0 Å². The number of methoxy groups -OCH3 is 1. The molecule has 0 saturated carbocycles. The monoisotopic (exact) mass is 434 g/mol. The first-order valence-electron chi connectivity index (χ1n) is 8.02. The number of pyridine rings is 1. The van der Waals surface area contributed by atoms with Gasteiger partial charge in [-0.15, -0.1) is 24.0 Å². The molecule has 1 aromatic rings. The first-order valence-corrected chi connectivity index (χ1v) is 8.02. The van der Waals surface area contributed by atoms with E-state index in [-0.39, 0.29) is 24.0 Å². The molecule has 0 spiro atoms. The zero-order chi connectivity index (χ0) is 16.4. The highest BCUT2D eigenvalue weighted by atomic mass is 127. The number of hydrogen-bond donors (Lipinski definition) is 2. The van der Waals surface area contributed by atoms with Crippen LogP contribution in [0, 0.1) is 5.92 Å². The van der Waals surface area contributed by atoms with E-state index in [2.05, 4.69) is 41.4 Å². The van der Waals surface area contributed by atoms with E-state index in [4.69, 9.17) is 4.74 Å². The zero-order valence-corrected chi connectivity index (χ0v) is 17.3. The summed E-state index contributed by atoms with van der Waals surface area (Å²) in [5.41, 5.74) is 0.926. The van der Waals surface area contributed by atoms with Crippen molar-refractivity contribution in [1.29, 1.82) is 0 Å². The summed E-state index contributed by atoms with van der Waals surface area (Å²) >= 11 is 0. The van der Waals surface area contributed by atoms with Crippen molar-refractivity contribution in [2.45, 2.75) is 52.6 Å². The maximum Gasteiger partial charge on any atom is 0.213 e. The highest BCUT2D eigenvalue weighted by molar-refractivity contribution is 14.0. The van der Waals surface area contributed by atoms with Gasteiger partial charge in [-0.05, 0) is 25.3 Å². The molecule has 0 aromatic carbocycles. The van der Waals surface area contributed by atoms with Gasteiger partial charge in [-0.1, -0.05) is 32.8 Å². The molecule has 5 nitrogen and oxygen atoms in total. The molecule has 6 heteroatoms. The van der Waals surface area contributed by atoms with Crippen LogP contribution in [0.4, 0.5) is 0 Å². The molecule has 2 N–H and O–H groups in total. The second-order valence-corrected chi connectivity index (χ2v) is 5.97. The van der Waals surface area contributed by atoms with E-state index in [0.717, 1.165) is 24.0 Å². The first-order chi connectivity index (χ1) is 10.5. The Hall–Kier alpha value is -1.05. The lowest BCUT2D eigenvalue weighted by molar-refractivity contribution is 0.396. The average molecular weight is 434 g/mol. The Morgan fingerprint density at radius 2 is 2.00 bits per heavy atom. The van der Waals surface area contributed by atoms with Crippen LogP contribution in [0.25, 0.3) is 0 Å². The van der Waals surface area contributed by atoms with Crippen LogP contribution >= 0.6 is 24.0 Å². The lowest BCUT2D eigenvalue weighted by atomic mass is 10.0. The number of rotatable bonds is 8. The van der Waals surface area contributed by atoms with Gasteiger partial charge in [0.2, 0.25) is 5.88 Å². The summed E-state index contributed by atoms with van der Waals surface area (Å²) in [6, 6.07) is 6.15. The Bertz CT molecular complexity index is 466. The van der Waals surface area contributed by atoms with Gasteiger partial charge in [0.05, 0.1) is 19.3 Å². The molecule has 1 aromatic heterocycles. The molecule has 0 aliphatic heterocycles. The van der Waals surface area contributed by atoms with Crippen molar-refractivity contribution in [3.8, 4) is 5.88 Å². The van der Waals surface area contributed by atoms with Crippen LogP contribution in [0.5, 0.6) is 5.88 Å². The summed E-state index contributed by atoms with van der Waals surface area (Å²) in [5, 5.41) is 6.71. The molecule has 1 unspecified atom stereocenters. The normalized spacial score (nSPS) is 12.5. The summed E-state index contributed by atoms with van der Waals surface area (Å²) < 4.78 is 5.13. The van der Waals surface area contributed by atoms with E-state index in [1.54, 1.807) is 14.2 Å². The van der Waals surface area contributed by atoms with Gasteiger partial charge in [-0.25, -0.2) is 4.98 Å². The summed E-state index contributed by atoms with van der Waals surface area (Å²) in [7, 11) is 3.41. The van der Waals surface area contributed by atoms with Gasteiger partial charge >= 0.3 is 0 Å². The Morgan fingerprint density at radius 1 is 1.26 bits per heavy atom. The third-order valence-electron chi connectivity index (χ3n) is 3.45. The van der Waals surface area contributed by atoms with Crippen LogP contribution in [0.2, 0.25) is 0 Å². The van der Waals surface area contributed by atoms with Gasteiger partial charge in [0.1, 0.15) is 0 Å². The highest BCUT2D eigenvalue weighted by Gasteiger charge is 2.06. The van der Waals surface area contributed by atoms with Gasteiger partial charge in [0.15, 0.2) is 5.96 Å². The van der Waals surface area contributed by atoms with E-state index in [9.17, 15) is 0 Å². The molecule has 0 amide bonds. The van der Waals surface area contributed by atoms with Crippen molar-refractivity contribution in [2.75, 3.05) is 14.2 Å². The second-order valence-electron chi connectivity index (χ2n) is 5.97. The molecule has 0 saturated heterocycles. The third kappa shape index (κ3) is 9.63. The van der Waals surface area contributed by atoms with E-state index in [0.29, 0.717) is 18.5 Å². The number of guanidine groups is 1. The smallest absolute Gasteiger partial charge is 0.213 e. The number of nitrogens with one attached hydrogen (secondary N) is 2. The molecule has 0 bridgehead atoms. The molecule has 1 heterocycles. The molecule has 132 valence electrons. The molecule has 23 heavy (non-hydrogen) atoms. The predicted octanol–water partition coefficient (Wildman–Crippen LogP) is 3.59. The Labute approximate surface area is 157 Å². The standard InChI is InChI=1S/C17H30N4O.HI/c1-13(2)8-6-9-14(3)20-17(18-4)19-12-15-10-7-11-16(21-15)22-5;/h7,10-11,13-14H,6,8-9,12H2,1-5H3,(H2,18,19,20);1H. The average Bonchev–Trinajstić information content (AvgIpc) is 2.51. The lowest BCUT2D eigenvalue weighted by Crippen LogP contribution is -2.41. The van der Waals surface area contributed by atoms with Gasteiger partial charge in [-0.2, -0.15) is 0 Å². The fraction of sp³-hybridized carbons (Fsp3) is 0.647. The SMILES string of the molecule is CN=C(NCc1cccc(OC)n1)NC(C)CCCC(C)C.I. The summed E-state index contributed by atoms with van der Waals surface area (Å²) in [6.45, 7) is 7.34. The van der Waals surface area contributed by atoms with E-state index < -0.39 is 0 Å². The van der Waals surface area contributed by atoms with Crippen LogP contribution in [0.15, 0.2) is 23.2 Å². The fourth-order valence-corrected chi connectivity index (χ4v) is 2.18. The van der Waals surface area contributed by atoms with Crippen molar-refractivity contribution in [2.24, 2.45) is 10.9 Å². The number of nitrogens with zero attached hydrogens (tertiary/aromatic N) is 2. The van der Waals surface area contributed by atoms with Crippen molar-refractivity contribution in [3.63, 3.8) is 0 Å². The minimum Gasteiger partial charge on any atom is -0.481 e. The maximum atomic E-state index is 5.13. The maximum absolute atomic E-state index is 5.13. The van der Waals surface area contributed by atoms with Crippen molar-refractivity contribution < 1.29 is 4.74 Å². The zero-order valence-electron chi connectivity index (χ0n) is 14.9. The van der Waals surface area contributed by atoms with Crippen LogP contribution < -0.4 is 15.4 Å². The first kappa shape index (κ1) is 21.9. The molecule has 1 atom stereocenters. The minimum atomic E-state index is 0. The molecule has 1 rings (SSSR count).